The number of thiophene rings is 1. The zero-order valence-corrected chi connectivity index (χ0v) is 16.4. The third-order valence-corrected chi connectivity index (χ3v) is 6.58. The predicted octanol–water partition coefficient (Wildman–Crippen LogP) is 4.22. The first kappa shape index (κ1) is 18.5. The number of carbonyl (C=O) groups excluding carboxylic acids is 1. The quantitative estimate of drug-likeness (QED) is 0.752. The molecule has 1 N–H and O–H groups in total. The van der Waals surface area contributed by atoms with Crippen LogP contribution in [0.25, 0.3) is 0 Å². The molecule has 2 aromatic rings. The number of hydrogen-bond acceptors (Lipinski definition) is 3. The molecule has 0 radical (unpaired) electrons. The van der Waals surface area contributed by atoms with Crippen LogP contribution in [0.4, 0.5) is 4.39 Å². The summed E-state index contributed by atoms with van der Waals surface area (Å²) in [5, 5.41) is 5.06. The van der Waals surface area contributed by atoms with Crippen molar-refractivity contribution in [3.8, 4) is 0 Å². The van der Waals surface area contributed by atoms with E-state index in [4.69, 9.17) is 0 Å². The number of hydrogen-bond donors (Lipinski definition) is 1. The number of carbonyl (C=O) groups is 1. The predicted molar refractivity (Wildman–Crippen MR) is 103 cm³/mol. The maximum Gasteiger partial charge on any atom is 0.223 e. The van der Waals surface area contributed by atoms with Crippen LogP contribution in [0.2, 0.25) is 0 Å². The average molecular weight is 425 g/mol. The largest absolute Gasteiger partial charge is 0.356 e. The maximum absolute atomic E-state index is 13.6. The summed E-state index contributed by atoms with van der Waals surface area (Å²) in [5.41, 5.74) is 0.652. The molecule has 3 nitrogen and oxygen atoms in total. The van der Waals surface area contributed by atoms with E-state index in [0.717, 1.165) is 32.5 Å². The van der Waals surface area contributed by atoms with Gasteiger partial charge in [-0.25, -0.2) is 4.39 Å². The lowest BCUT2D eigenvalue weighted by molar-refractivity contribution is -0.126. The van der Waals surface area contributed by atoms with Gasteiger partial charge in [-0.3, -0.25) is 9.69 Å². The lowest BCUT2D eigenvalue weighted by Gasteiger charge is -2.31. The Hall–Kier alpha value is -1.24. The van der Waals surface area contributed by atoms with E-state index in [2.05, 4.69) is 37.6 Å². The molecule has 1 saturated heterocycles. The third kappa shape index (κ3) is 5.12. The van der Waals surface area contributed by atoms with Gasteiger partial charge in [0.05, 0.1) is 0 Å². The van der Waals surface area contributed by atoms with Gasteiger partial charge in [-0.05, 0) is 71.4 Å². The second kappa shape index (κ2) is 8.92. The Morgan fingerprint density at radius 3 is 2.72 bits per heavy atom. The van der Waals surface area contributed by atoms with E-state index in [0.29, 0.717) is 18.5 Å². The van der Waals surface area contributed by atoms with Crippen LogP contribution in [0.1, 0.15) is 23.3 Å². The topological polar surface area (TPSA) is 32.3 Å². The minimum atomic E-state index is -0.204. The van der Waals surface area contributed by atoms with Crippen LogP contribution in [0.3, 0.4) is 0 Å². The summed E-state index contributed by atoms with van der Waals surface area (Å²) >= 11 is 5.34. The van der Waals surface area contributed by atoms with Gasteiger partial charge in [0.2, 0.25) is 5.91 Å². The molecule has 0 unspecified atom stereocenters. The number of nitrogens with one attached hydrogen (secondary N) is 1. The van der Waals surface area contributed by atoms with E-state index >= 15 is 0 Å². The van der Waals surface area contributed by atoms with E-state index in [1.54, 1.807) is 23.5 Å². The lowest BCUT2D eigenvalue weighted by Crippen LogP contribution is -2.40. The number of piperidine rings is 1. The van der Waals surface area contributed by atoms with Gasteiger partial charge in [0.15, 0.2) is 0 Å². The van der Waals surface area contributed by atoms with Crippen molar-refractivity contribution < 1.29 is 9.18 Å². The van der Waals surface area contributed by atoms with Crippen LogP contribution in [0.5, 0.6) is 0 Å². The number of benzene rings is 1. The molecule has 1 aromatic heterocycles. The van der Waals surface area contributed by atoms with Gasteiger partial charge < -0.3 is 5.32 Å². The molecule has 3 rings (SSSR count). The monoisotopic (exact) mass is 424 g/mol. The van der Waals surface area contributed by atoms with E-state index < -0.39 is 0 Å². The standard InChI is InChI=1S/C19H22BrFN2OS/c20-16-8-12-25-18(16)13-23-10-6-15(7-11-23)19(24)22-9-5-14-3-1-2-4-17(14)21/h1-4,8,12,15H,5-7,9-11,13H2,(H,22,24). The lowest BCUT2D eigenvalue weighted by atomic mass is 9.96. The molecule has 1 aliphatic heterocycles. The molecule has 1 aliphatic rings. The molecule has 0 atom stereocenters. The molecule has 0 aliphatic carbocycles. The molecule has 6 heteroatoms. The summed E-state index contributed by atoms with van der Waals surface area (Å²) < 4.78 is 14.7. The Labute approximate surface area is 160 Å². The summed E-state index contributed by atoms with van der Waals surface area (Å²) in [6.45, 7) is 3.31. The summed E-state index contributed by atoms with van der Waals surface area (Å²) in [6.07, 6.45) is 2.30. The Kier molecular flexibility index (Phi) is 6.62. The van der Waals surface area contributed by atoms with Crippen molar-refractivity contribution in [2.24, 2.45) is 5.92 Å². The average Bonchev–Trinajstić information content (AvgIpc) is 3.02. The first-order valence-electron chi connectivity index (χ1n) is 8.59. The van der Waals surface area contributed by atoms with Gasteiger partial charge in [-0.1, -0.05) is 18.2 Å². The van der Waals surface area contributed by atoms with Crippen LogP contribution >= 0.6 is 27.3 Å². The Morgan fingerprint density at radius 1 is 1.28 bits per heavy atom. The molecule has 1 amide bonds. The van der Waals surface area contributed by atoms with Crippen molar-refractivity contribution in [1.29, 1.82) is 0 Å². The van der Waals surface area contributed by atoms with Crippen molar-refractivity contribution in [3.63, 3.8) is 0 Å². The van der Waals surface area contributed by atoms with Crippen LogP contribution in [-0.2, 0) is 17.8 Å². The van der Waals surface area contributed by atoms with Crippen LogP contribution in [0.15, 0.2) is 40.2 Å². The van der Waals surface area contributed by atoms with Gasteiger partial charge in [-0.2, -0.15) is 0 Å². The molecule has 0 bridgehead atoms. The second-order valence-electron chi connectivity index (χ2n) is 6.37. The van der Waals surface area contributed by atoms with Gasteiger partial charge in [-0.15, -0.1) is 11.3 Å². The highest BCUT2D eigenvalue weighted by atomic mass is 79.9. The fraction of sp³-hybridized carbons (Fsp3) is 0.421. The fourth-order valence-corrected chi connectivity index (χ4v) is 4.68. The van der Waals surface area contributed by atoms with E-state index in [-0.39, 0.29) is 17.6 Å². The first-order valence-corrected chi connectivity index (χ1v) is 10.3. The molecular weight excluding hydrogens is 403 g/mol. The highest BCUT2D eigenvalue weighted by Gasteiger charge is 2.25. The first-order chi connectivity index (χ1) is 12.1. The highest BCUT2D eigenvalue weighted by Crippen LogP contribution is 2.26. The molecule has 2 heterocycles. The van der Waals surface area contributed by atoms with Crippen molar-refractivity contribution in [1.82, 2.24) is 10.2 Å². The maximum atomic E-state index is 13.6. The minimum Gasteiger partial charge on any atom is -0.356 e. The molecule has 1 fully saturated rings. The fourth-order valence-electron chi connectivity index (χ4n) is 3.16. The zero-order chi connectivity index (χ0) is 17.6. The molecule has 134 valence electrons. The summed E-state index contributed by atoms with van der Waals surface area (Å²) in [4.78, 5) is 16.1. The van der Waals surface area contributed by atoms with Gasteiger partial charge in [0.25, 0.3) is 0 Å². The SMILES string of the molecule is O=C(NCCc1ccccc1F)C1CCN(Cc2sccc2Br)CC1. The van der Waals surface area contributed by atoms with E-state index in [1.807, 2.05) is 6.07 Å². The van der Waals surface area contributed by atoms with Crippen molar-refractivity contribution in [2.45, 2.75) is 25.8 Å². The Morgan fingerprint density at radius 2 is 2.04 bits per heavy atom. The van der Waals surface area contributed by atoms with E-state index in [1.165, 1.54) is 15.4 Å². The molecule has 25 heavy (non-hydrogen) atoms. The number of halogens is 2. The summed E-state index contributed by atoms with van der Waals surface area (Å²) in [7, 11) is 0. The van der Waals surface area contributed by atoms with Crippen molar-refractivity contribution in [3.05, 3.63) is 56.4 Å². The van der Waals surface area contributed by atoms with Crippen molar-refractivity contribution in [2.75, 3.05) is 19.6 Å². The smallest absolute Gasteiger partial charge is 0.223 e. The normalized spacial score (nSPS) is 16.1. The van der Waals surface area contributed by atoms with Gasteiger partial charge in [0.1, 0.15) is 5.82 Å². The van der Waals surface area contributed by atoms with Crippen LogP contribution < -0.4 is 5.32 Å². The highest BCUT2D eigenvalue weighted by molar-refractivity contribution is 9.10. The number of amides is 1. The van der Waals surface area contributed by atoms with Crippen molar-refractivity contribution >= 4 is 33.2 Å². The third-order valence-electron chi connectivity index (χ3n) is 4.67. The second-order valence-corrected chi connectivity index (χ2v) is 8.23. The van der Waals surface area contributed by atoms with Crippen LogP contribution in [0, 0.1) is 11.7 Å². The summed E-state index contributed by atoms with van der Waals surface area (Å²) in [5.74, 6) is -0.0262. The summed E-state index contributed by atoms with van der Waals surface area (Å²) in [6, 6.07) is 8.80. The Bertz CT molecular complexity index is 713. The van der Waals surface area contributed by atoms with Gasteiger partial charge >= 0.3 is 0 Å². The molecule has 1 aromatic carbocycles. The molecular formula is C19H22BrFN2OS. The zero-order valence-electron chi connectivity index (χ0n) is 14.0. The van der Waals surface area contributed by atoms with Crippen LogP contribution in [-0.4, -0.2) is 30.4 Å². The van der Waals surface area contributed by atoms with E-state index in [9.17, 15) is 9.18 Å². The minimum absolute atomic E-state index is 0.0728. The Balaban J connectivity index is 1.39. The molecule has 0 saturated carbocycles. The molecule has 0 spiro atoms. The van der Waals surface area contributed by atoms with Gasteiger partial charge in [0, 0.05) is 28.4 Å². The number of likely N-dealkylation sites (tertiary alicyclic amines) is 1. The number of rotatable bonds is 6. The number of nitrogens with zero attached hydrogens (tertiary/aromatic N) is 1.